The molecule has 102 valence electrons. The van der Waals surface area contributed by atoms with Crippen molar-refractivity contribution >= 4 is 37.8 Å². The van der Waals surface area contributed by atoms with Gasteiger partial charge < -0.3 is 0 Å². The van der Waals surface area contributed by atoms with Gasteiger partial charge in [-0.05, 0) is 29.3 Å². The van der Waals surface area contributed by atoms with Crippen LogP contribution in [-0.4, -0.2) is 8.42 Å². The number of hydrogen-bond acceptors (Lipinski definition) is 3. The summed E-state index contributed by atoms with van der Waals surface area (Å²) in [5, 5.41) is 3.68. The molecule has 0 radical (unpaired) electrons. The first kappa shape index (κ1) is 13.1. The van der Waals surface area contributed by atoms with Crippen LogP contribution in [0.1, 0.15) is 5.56 Å². The molecule has 1 heterocycles. The Morgan fingerprint density at radius 2 is 1.80 bits per heavy atom. The molecule has 1 aromatic heterocycles. The fraction of sp³-hybridized carbons (Fsp3) is 0.0667. The van der Waals surface area contributed by atoms with Gasteiger partial charge in [0.25, 0.3) is 10.0 Å². The summed E-state index contributed by atoms with van der Waals surface area (Å²) in [5.41, 5.74) is 1.56. The molecule has 0 aliphatic carbocycles. The zero-order valence-corrected chi connectivity index (χ0v) is 12.5. The maximum atomic E-state index is 12.4. The van der Waals surface area contributed by atoms with Crippen LogP contribution in [0.4, 0.5) is 5.69 Å². The molecule has 0 fully saturated rings. The second-order valence-electron chi connectivity index (χ2n) is 4.52. The summed E-state index contributed by atoms with van der Waals surface area (Å²) in [7, 11) is -3.52. The summed E-state index contributed by atoms with van der Waals surface area (Å²) >= 11 is 1.21. The van der Waals surface area contributed by atoms with Crippen molar-refractivity contribution < 1.29 is 8.42 Å². The van der Waals surface area contributed by atoms with Crippen molar-refractivity contribution in [2.75, 3.05) is 4.72 Å². The Balaban J connectivity index is 2.14. The topological polar surface area (TPSA) is 46.2 Å². The summed E-state index contributed by atoms with van der Waals surface area (Å²) in [4.78, 5) is 0. The number of rotatable bonds is 3. The van der Waals surface area contributed by atoms with Crippen LogP contribution >= 0.6 is 11.3 Å². The number of thiophene rings is 1. The van der Waals surface area contributed by atoms with Crippen molar-refractivity contribution in [3.8, 4) is 0 Å². The van der Waals surface area contributed by atoms with E-state index in [1.807, 2.05) is 43.3 Å². The number of nitrogens with one attached hydrogen (secondary N) is 1. The Labute approximate surface area is 121 Å². The minimum atomic E-state index is -3.52. The molecule has 0 amide bonds. The molecular formula is C15H13NO2S2. The van der Waals surface area contributed by atoms with E-state index in [4.69, 9.17) is 0 Å². The van der Waals surface area contributed by atoms with Crippen LogP contribution in [0.15, 0.2) is 58.1 Å². The van der Waals surface area contributed by atoms with E-state index in [2.05, 4.69) is 4.72 Å². The summed E-state index contributed by atoms with van der Waals surface area (Å²) < 4.78 is 27.8. The van der Waals surface area contributed by atoms with E-state index < -0.39 is 10.0 Å². The third-order valence-corrected chi connectivity index (χ3v) is 5.88. The molecule has 3 rings (SSSR count). The third-order valence-electron chi connectivity index (χ3n) is 3.13. The molecule has 2 aromatic carbocycles. The number of anilines is 1. The largest absolute Gasteiger partial charge is 0.278 e. The lowest BCUT2D eigenvalue weighted by Gasteiger charge is -2.12. The molecule has 0 aliphatic rings. The van der Waals surface area contributed by atoms with Gasteiger partial charge >= 0.3 is 0 Å². The Kier molecular flexibility index (Phi) is 3.23. The lowest BCUT2D eigenvalue weighted by atomic mass is 10.1. The van der Waals surface area contributed by atoms with E-state index in [9.17, 15) is 8.42 Å². The van der Waals surface area contributed by atoms with Crippen LogP contribution < -0.4 is 4.72 Å². The molecule has 0 spiro atoms. The van der Waals surface area contributed by atoms with Gasteiger partial charge in [0, 0.05) is 5.39 Å². The molecule has 0 aliphatic heterocycles. The highest BCUT2D eigenvalue weighted by atomic mass is 32.2. The van der Waals surface area contributed by atoms with E-state index in [0.717, 1.165) is 16.3 Å². The first-order chi connectivity index (χ1) is 9.58. The van der Waals surface area contributed by atoms with Crippen molar-refractivity contribution in [2.24, 2.45) is 0 Å². The van der Waals surface area contributed by atoms with Crippen LogP contribution in [0.3, 0.4) is 0 Å². The minimum Gasteiger partial charge on any atom is -0.278 e. The smallest absolute Gasteiger partial charge is 0.271 e. The minimum absolute atomic E-state index is 0.324. The molecular weight excluding hydrogens is 290 g/mol. The van der Waals surface area contributed by atoms with E-state index in [0.29, 0.717) is 9.90 Å². The lowest BCUT2D eigenvalue weighted by molar-refractivity contribution is 0.603. The Morgan fingerprint density at radius 3 is 2.55 bits per heavy atom. The molecule has 0 saturated heterocycles. The van der Waals surface area contributed by atoms with Gasteiger partial charge in [-0.25, -0.2) is 8.42 Å². The van der Waals surface area contributed by atoms with Gasteiger partial charge in [0.2, 0.25) is 0 Å². The first-order valence-electron chi connectivity index (χ1n) is 6.12. The molecule has 0 bridgehead atoms. The van der Waals surface area contributed by atoms with Gasteiger partial charge in [0.05, 0.1) is 5.69 Å². The number of hydrogen-bond donors (Lipinski definition) is 1. The molecule has 1 N–H and O–H groups in total. The number of sulfonamides is 1. The van der Waals surface area contributed by atoms with E-state index in [1.165, 1.54) is 11.3 Å². The number of benzene rings is 2. The summed E-state index contributed by atoms with van der Waals surface area (Å²) in [6.07, 6.45) is 0. The predicted molar refractivity (Wildman–Crippen MR) is 83.8 cm³/mol. The Bertz CT molecular complexity index is 853. The fourth-order valence-electron chi connectivity index (χ4n) is 2.12. The van der Waals surface area contributed by atoms with Gasteiger partial charge in [0.15, 0.2) is 0 Å². The van der Waals surface area contributed by atoms with Gasteiger partial charge in [-0.3, -0.25) is 4.72 Å². The monoisotopic (exact) mass is 303 g/mol. The van der Waals surface area contributed by atoms with Crippen molar-refractivity contribution in [1.29, 1.82) is 0 Å². The molecule has 3 nitrogen and oxygen atoms in total. The normalized spacial score (nSPS) is 11.7. The van der Waals surface area contributed by atoms with Crippen LogP contribution in [0.2, 0.25) is 0 Å². The number of fused-ring (bicyclic) bond motifs is 1. The highest BCUT2D eigenvalue weighted by molar-refractivity contribution is 7.94. The molecule has 0 atom stereocenters. The summed E-state index contributed by atoms with van der Waals surface area (Å²) in [6.45, 7) is 1.90. The first-order valence-corrected chi connectivity index (χ1v) is 8.49. The second-order valence-corrected chi connectivity index (χ2v) is 7.37. The van der Waals surface area contributed by atoms with Crippen molar-refractivity contribution in [3.63, 3.8) is 0 Å². The zero-order valence-electron chi connectivity index (χ0n) is 10.8. The maximum absolute atomic E-state index is 12.4. The summed E-state index contributed by atoms with van der Waals surface area (Å²) in [6, 6.07) is 15.0. The highest BCUT2D eigenvalue weighted by Gasteiger charge is 2.17. The van der Waals surface area contributed by atoms with Crippen LogP contribution in [0.25, 0.3) is 10.8 Å². The molecule has 0 saturated carbocycles. The Morgan fingerprint density at radius 1 is 1.00 bits per heavy atom. The molecule has 20 heavy (non-hydrogen) atoms. The standard InChI is InChI=1S/C15H13NO2S2/c1-11-8-9-12-5-2-3-6-13(12)15(11)16-20(17,18)14-7-4-10-19-14/h2-10,16H,1H3. The average Bonchev–Trinajstić information content (AvgIpc) is 2.97. The molecule has 5 heteroatoms. The fourth-order valence-corrected chi connectivity index (χ4v) is 4.26. The lowest BCUT2D eigenvalue weighted by Crippen LogP contribution is -2.12. The average molecular weight is 303 g/mol. The van der Waals surface area contributed by atoms with Gasteiger partial charge in [-0.2, -0.15) is 0 Å². The predicted octanol–water partition coefficient (Wildman–Crippen LogP) is 4.01. The number of aryl methyl sites for hydroxylation is 1. The third kappa shape index (κ3) is 2.30. The highest BCUT2D eigenvalue weighted by Crippen LogP contribution is 2.29. The van der Waals surface area contributed by atoms with Crippen molar-refractivity contribution in [2.45, 2.75) is 11.1 Å². The summed E-state index contributed by atoms with van der Waals surface area (Å²) in [5.74, 6) is 0. The second kappa shape index (κ2) is 4.92. The van der Waals surface area contributed by atoms with Gasteiger partial charge in [-0.1, -0.05) is 42.5 Å². The quantitative estimate of drug-likeness (QED) is 0.794. The van der Waals surface area contributed by atoms with Crippen molar-refractivity contribution in [3.05, 3.63) is 59.5 Å². The van der Waals surface area contributed by atoms with E-state index in [-0.39, 0.29) is 0 Å². The SMILES string of the molecule is Cc1ccc2ccccc2c1NS(=O)(=O)c1cccs1. The molecule has 3 aromatic rings. The maximum Gasteiger partial charge on any atom is 0.271 e. The van der Waals surface area contributed by atoms with E-state index in [1.54, 1.807) is 17.5 Å². The molecule has 0 unspecified atom stereocenters. The van der Waals surface area contributed by atoms with Crippen molar-refractivity contribution in [1.82, 2.24) is 0 Å². The van der Waals surface area contributed by atoms with Gasteiger partial charge in [0.1, 0.15) is 4.21 Å². The Hall–Kier alpha value is -1.85. The van der Waals surface area contributed by atoms with E-state index >= 15 is 0 Å². The van der Waals surface area contributed by atoms with Crippen LogP contribution in [0.5, 0.6) is 0 Å². The van der Waals surface area contributed by atoms with Gasteiger partial charge in [-0.15, -0.1) is 11.3 Å². The van der Waals surface area contributed by atoms with Crippen LogP contribution in [0, 0.1) is 6.92 Å². The zero-order chi connectivity index (χ0) is 14.2. The van der Waals surface area contributed by atoms with Crippen LogP contribution in [-0.2, 0) is 10.0 Å².